The minimum absolute atomic E-state index is 0.0178. The molecule has 0 spiro atoms. The zero-order valence-electron chi connectivity index (χ0n) is 64.0. The molecule has 91 heavy (non-hydrogen) atoms. The number of hydrogen-bond acceptors (Lipinski definition) is 5. The summed E-state index contributed by atoms with van der Waals surface area (Å²) >= 11 is 0. The monoisotopic (exact) mass is 1240 g/mol. The molecule has 6 aromatic rings. The van der Waals surface area contributed by atoms with Crippen molar-refractivity contribution in [1.82, 2.24) is 0 Å². The third-order valence-electron chi connectivity index (χ3n) is 18.2. The highest BCUT2D eigenvalue weighted by molar-refractivity contribution is 5.69. The van der Waals surface area contributed by atoms with Crippen LogP contribution in [0.15, 0.2) is 84.9 Å². The van der Waals surface area contributed by atoms with Crippen molar-refractivity contribution in [3.8, 4) is 39.9 Å². The van der Waals surface area contributed by atoms with E-state index in [0.717, 1.165) is 68.0 Å². The lowest BCUT2D eigenvalue weighted by atomic mass is 9.74. The van der Waals surface area contributed by atoms with Crippen LogP contribution in [0.3, 0.4) is 0 Å². The third kappa shape index (κ3) is 20.7. The Labute approximate surface area is 557 Å². The maximum atomic E-state index is 11.1. The fourth-order valence-corrected chi connectivity index (χ4v) is 12.4. The van der Waals surface area contributed by atoms with Gasteiger partial charge in [-0.1, -0.05) is 311 Å². The Hall–Kier alpha value is -5.68. The molecule has 504 valence electrons. The van der Waals surface area contributed by atoms with Crippen LogP contribution < -0.4 is 0 Å². The topological polar surface area (TPSA) is 101 Å². The fraction of sp³-hybridized carbons (Fsp3) is 0.581. The summed E-state index contributed by atoms with van der Waals surface area (Å²) < 4.78 is 0. The Morgan fingerprint density at radius 3 is 0.736 bits per heavy atom. The normalized spacial score (nSPS) is 15.6. The van der Waals surface area contributed by atoms with Gasteiger partial charge in [-0.05, 0) is 184 Å². The van der Waals surface area contributed by atoms with E-state index < -0.39 is 0 Å². The first-order chi connectivity index (χ1) is 40.8. The van der Waals surface area contributed by atoms with E-state index in [1.807, 2.05) is 0 Å². The van der Waals surface area contributed by atoms with Crippen molar-refractivity contribution in [1.29, 1.82) is 0 Å². The van der Waals surface area contributed by atoms with E-state index in [0.29, 0.717) is 34.7 Å². The molecule has 1 saturated carbocycles. The van der Waals surface area contributed by atoms with Crippen molar-refractivity contribution in [2.24, 2.45) is 5.92 Å². The lowest BCUT2D eigenvalue weighted by Crippen LogP contribution is -2.19. The van der Waals surface area contributed by atoms with Crippen LogP contribution in [0, 0.1) is 19.8 Å². The zero-order valence-corrected chi connectivity index (χ0v) is 64.0. The van der Waals surface area contributed by atoms with E-state index >= 15 is 0 Å². The minimum atomic E-state index is -0.151. The van der Waals surface area contributed by atoms with E-state index in [1.54, 1.807) is 0 Å². The Balaban J connectivity index is 0.000000266. The molecule has 5 nitrogen and oxygen atoms in total. The molecule has 0 aromatic heterocycles. The maximum Gasteiger partial charge on any atom is 0.123 e. The summed E-state index contributed by atoms with van der Waals surface area (Å²) in [6.07, 6.45) is 6.01. The van der Waals surface area contributed by atoms with Crippen LogP contribution >= 0.6 is 0 Å². The summed E-state index contributed by atoms with van der Waals surface area (Å²) in [5.74, 6) is 3.78. The fourth-order valence-electron chi connectivity index (χ4n) is 12.4. The van der Waals surface area contributed by atoms with E-state index in [1.165, 1.54) is 64.6 Å². The van der Waals surface area contributed by atoms with Gasteiger partial charge in [-0.15, -0.1) is 0 Å². The van der Waals surface area contributed by atoms with Crippen molar-refractivity contribution in [2.75, 3.05) is 0 Å². The number of rotatable bonds is 4. The highest BCUT2D eigenvalue weighted by Gasteiger charge is 2.33. The van der Waals surface area contributed by atoms with Crippen molar-refractivity contribution in [2.45, 2.75) is 321 Å². The van der Waals surface area contributed by atoms with Gasteiger partial charge in [-0.25, -0.2) is 0 Å². The molecule has 1 aliphatic carbocycles. The molecule has 6 aromatic carbocycles. The molecule has 0 radical (unpaired) electrons. The second kappa shape index (κ2) is 27.7. The summed E-state index contributed by atoms with van der Waals surface area (Å²) in [6, 6.07) is 30.2. The van der Waals surface area contributed by atoms with Crippen molar-refractivity contribution in [3.63, 3.8) is 0 Å². The Kier molecular flexibility index (Phi) is 23.7. The van der Waals surface area contributed by atoms with E-state index in [-0.39, 0.29) is 54.1 Å². The number of benzene rings is 6. The molecule has 7 rings (SSSR count). The summed E-state index contributed by atoms with van der Waals surface area (Å²) in [5, 5.41) is 54.1. The van der Waals surface area contributed by atoms with Crippen LogP contribution in [0.25, 0.3) is 11.1 Å². The molecule has 0 heterocycles. The largest absolute Gasteiger partial charge is 0.507 e. The standard InChI is InChI=1S/C29H44O2.C21H34O.C21H28O.C15H24O/c1-26(2,3)20-14-18(15-21(24(20)30)27(4,5)6)13-19-16-22(28(7,8)9)25(31)23(17-19)29(10,11)12;2*1-14-8-10-15(11-9-14)16-12-17(20(2,3)4)19(22)18(13-16)21(5,6)7;1-10-8-11(14(2,3)4)13(16)12(9-10)15(5,6)7/h14-17,30-31H,13H2,1-12H3;12-15,22H,8-11H2,1-7H3;8-13,22H,1-7H3;8-9,16H,1-7H3. The molecule has 0 saturated heterocycles. The number of aryl methyl sites for hydroxylation is 2. The van der Waals surface area contributed by atoms with Gasteiger partial charge < -0.3 is 25.5 Å². The second-order valence-electron chi connectivity index (χ2n) is 37.7. The van der Waals surface area contributed by atoms with Gasteiger partial charge in [0.25, 0.3) is 0 Å². The van der Waals surface area contributed by atoms with Crippen LogP contribution in [0.5, 0.6) is 28.7 Å². The van der Waals surface area contributed by atoms with Gasteiger partial charge in [-0.3, -0.25) is 0 Å². The van der Waals surface area contributed by atoms with E-state index in [9.17, 15) is 25.5 Å². The van der Waals surface area contributed by atoms with E-state index in [4.69, 9.17) is 0 Å². The number of phenols is 5. The summed E-state index contributed by atoms with van der Waals surface area (Å²) in [5.41, 5.74) is 18.1. The predicted molar refractivity (Wildman–Crippen MR) is 396 cm³/mol. The number of hydrogen-bond donors (Lipinski definition) is 5. The number of phenolic OH excluding ortho intramolecular Hbond substituents is 5. The molecule has 5 N–H and O–H groups in total. The molecule has 1 fully saturated rings. The lowest BCUT2D eigenvalue weighted by molar-refractivity contribution is 0.346. The first-order valence-corrected chi connectivity index (χ1v) is 34.2. The van der Waals surface area contributed by atoms with Gasteiger partial charge in [0, 0.05) is 11.1 Å². The molecule has 0 aliphatic heterocycles. The summed E-state index contributed by atoms with van der Waals surface area (Å²) in [7, 11) is 0. The quantitative estimate of drug-likeness (QED) is 0.121. The Morgan fingerprint density at radius 2 is 0.495 bits per heavy atom. The van der Waals surface area contributed by atoms with Gasteiger partial charge in [0.15, 0.2) is 0 Å². The van der Waals surface area contributed by atoms with Gasteiger partial charge >= 0.3 is 0 Å². The highest BCUT2D eigenvalue weighted by Crippen LogP contribution is 2.48. The molecular formula is C86H130O5. The average molecular weight is 1240 g/mol. The van der Waals surface area contributed by atoms with Crippen LogP contribution in [0.4, 0.5) is 0 Å². The highest BCUT2D eigenvalue weighted by atomic mass is 16.3. The van der Waals surface area contributed by atoms with Crippen molar-refractivity contribution in [3.05, 3.63) is 168 Å². The predicted octanol–water partition coefficient (Wildman–Crippen LogP) is 24.4. The van der Waals surface area contributed by atoms with Crippen LogP contribution in [-0.4, -0.2) is 25.5 Å². The second-order valence-corrected chi connectivity index (χ2v) is 37.7. The minimum Gasteiger partial charge on any atom is -0.507 e. The molecule has 0 bridgehead atoms. The van der Waals surface area contributed by atoms with Crippen molar-refractivity contribution < 1.29 is 25.5 Å². The third-order valence-corrected chi connectivity index (χ3v) is 18.2. The van der Waals surface area contributed by atoms with E-state index in [2.05, 4.69) is 313 Å². The smallest absolute Gasteiger partial charge is 0.123 e. The summed E-state index contributed by atoms with van der Waals surface area (Å²) in [4.78, 5) is 0. The van der Waals surface area contributed by atoms with Crippen LogP contribution in [-0.2, 0) is 60.6 Å². The first kappa shape index (κ1) is 77.8. The van der Waals surface area contributed by atoms with Gasteiger partial charge in [-0.2, -0.15) is 0 Å². The average Bonchev–Trinajstić information content (AvgIpc) is 0.865. The SMILES string of the molecule is CC(C)(C)c1cc(Cc2cc(C(C)(C)C)c(O)c(C(C)(C)C)c2)cc(C(C)(C)C)c1O.CC1CCC(c2cc(C(C)(C)C)c(O)c(C(C)(C)C)c2)CC1.Cc1cc(C(C)(C)C)c(O)c(C(C)(C)C)c1.Cc1ccc(-c2cc(C(C)(C)C)c(O)c(C(C)(C)C)c2)cc1. The van der Waals surface area contributed by atoms with Crippen molar-refractivity contribution >= 4 is 0 Å². The first-order valence-electron chi connectivity index (χ1n) is 34.2. The van der Waals surface area contributed by atoms with Gasteiger partial charge in [0.2, 0.25) is 0 Å². The Morgan fingerprint density at radius 1 is 0.275 bits per heavy atom. The Bertz CT molecular complexity index is 3170. The molecule has 5 heteroatoms. The van der Waals surface area contributed by atoms with Gasteiger partial charge in [0.1, 0.15) is 28.7 Å². The van der Waals surface area contributed by atoms with Crippen LogP contribution in [0.1, 0.15) is 330 Å². The molecule has 0 amide bonds. The molecule has 1 aliphatic rings. The summed E-state index contributed by atoms with van der Waals surface area (Å²) in [6.45, 7) is 71.2. The zero-order chi connectivity index (χ0) is 70.3. The maximum absolute atomic E-state index is 11.1. The molecule has 0 atom stereocenters. The van der Waals surface area contributed by atoms with Crippen LogP contribution in [0.2, 0.25) is 0 Å². The van der Waals surface area contributed by atoms with Gasteiger partial charge in [0.05, 0.1) is 0 Å². The molecule has 0 unspecified atom stereocenters. The lowest BCUT2D eigenvalue weighted by Gasteiger charge is -2.32. The number of aromatic hydroxyl groups is 5. The molecular weight excluding hydrogens is 1110 g/mol.